The quantitative estimate of drug-likeness (QED) is 0.701. The molecule has 0 spiro atoms. The Morgan fingerprint density at radius 3 is 2.78 bits per heavy atom. The molecule has 4 rings (SSSR count). The lowest BCUT2D eigenvalue weighted by molar-refractivity contribution is 0.0709. The van der Waals surface area contributed by atoms with E-state index in [-0.39, 0.29) is 17.6 Å². The van der Waals surface area contributed by atoms with Gasteiger partial charge >= 0.3 is 0 Å². The molecule has 3 heterocycles. The smallest absolute Gasteiger partial charge is 0.254 e. The van der Waals surface area contributed by atoms with Crippen molar-refractivity contribution in [3.05, 3.63) is 47.9 Å². The summed E-state index contributed by atoms with van der Waals surface area (Å²) in [5.41, 5.74) is 2.21. The highest BCUT2D eigenvalue weighted by molar-refractivity contribution is 6.06. The molecule has 2 aromatic heterocycles. The first-order valence-electron chi connectivity index (χ1n) is 8.84. The maximum absolute atomic E-state index is 13.7. The number of fused-ring (bicyclic) bond motifs is 1. The molecule has 1 amide bonds. The number of carbonyl (C=O) groups is 1. The number of hydrogen-bond acceptors (Lipinski definition) is 4. The molecule has 1 aromatic carbocycles. The van der Waals surface area contributed by atoms with Crippen molar-refractivity contribution in [3.63, 3.8) is 0 Å². The zero-order valence-corrected chi connectivity index (χ0v) is 14.9. The number of piperidine rings is 1. The number of carbonyl (C=O) groups excluding carboxylic acids is 1. The molecule has 3 aromatic rings. The van der Waals surface area contributed by atoms with Crippen LogP contribution in [0.1, 0.15) is 23.2 Å². The molecule has 0 atom stereocenters. The highest BCUT2D eigenvalue weighted by Gasteiger charge is 2.26. The van der Waals surface area contributed by atoms with E-state index in [9.17, 15) is 9.18 Å². The summed E-state index contributed by atoms with van der Waals surface area (Å²) >= 11 is 0. The average molecular weight is 363 g/mol. The van der Waals surface area contributed by atoms with Gasteiger partial charge in [0.05, 0.1) is 28.9 Å². The molecule has 0 radical (unpaired) electrons. The first kappa shape index (κ1) is 17.2. The Hall–Kier alpha value is -3.27. The number of aryl methyl sites for hydroxylation is 1. The van der Waals surface area contributed by atoms with Gasteiger partial charge in [0.15, 0.2) is 5.65 Å². The first-order chi connectivity index (χ1) is 13.1. The predicted molar refractivity (Wildman–Crippen MR) is 98.1 cm³/mol. The van der Waals surface area contributed by atoms with E-state index in [1.807, 2.05) is 0 Å². The van der Waals surface area contributed by atoms with Gasteiger partial charge in [-0.25, -0.2) is 9.37 Å². The van der Waals surface area contributed by atoms with Crippen molar-refractivity contribution in [2.75, 3.05) is 13.1 Å². The van der Waals surface area contributed by atoms with E-state index in [1.165, 1.54) is 12.1 Å². The minimum atomic E-state index is -0.356. The molecule has 1 aliphatic rings. The lowest BCUT2D eigenvalue weighted by Crippen LogP contribution is -2.38. The van der Waals surface area contributed by atoms with Crippen LogP contribution in [0, 0.1) is 23.1 Å². The molecular formula is C20H18FN5O. The monoisotopic (exact) mass is 363 g/mol. The van der Waals surface area contributed by atoms with Crippen LogP contribution in [0.5, 0.6) is 0 Å². The lowest BCUT2D eigenvalue weighted by atomic mass is 9.97. The van der Waals surface area contributed by atoms with Crippen LogP contribution in [0.15, 0.2) is 36.5 Å². The van der Waals surface area contributed by atoms with Crippen LogP contribution < -0.4 is 0 Å². The van der Waals surface area contributed by atoms with Gasteiger partial charge in [0.2, 0.25) is 0 Å². The maximum atomic E-state index is 13.7. The number of hydrogen-bond donors (Lipinski definition) is 0. The molecule has 6 nitrogen and oxygen atoms in total. The van der Waals surface area contributed by atoms with Crippen LogP contribution in [0.25, 0.3) is 22.3 Å². The van der Waals surface area contributed by atoms with Gasteiger partial charge in [0.1, 0.15) is 5.82 Å². The fourth-order valence-corrected chi connectivity index (χ4v) is 3.47. The summed E-state index contributed by atoms with van der Waals surface area (Å²) in [6.45, 7) is 1.10. The molecule has 7 heteroatoms. The van der Waals surface area contributed by atoms with Crippen molar-refractivity contribution >= 4 is 16.9 Å². The number of pyridine rings is 1. The van der Waals surface area contributed by atoms with E-state index in [2.05, 4.69) is 16.2 Å². The van der Waals surface area contributed by atoms with E-state index in [4.69, 9.17) is 5.26 Å². The third-order valence-electron chi connectivity index (χ3n) is 5.02. The summed E-state index contributed by atoms with van der Waals surface area (Å²) in [7, 11) is 1.76. The number of aromatic nitrogens is 3. The van der Waals surface area contributed by atoms with Gasteiger partial charge in [-0.3, -0.25) is 9.48 Å². The number of halogens is 1. The number of nitrogens with zero attached hydrogens (tertiary/aromatic N) is 5. The van der Waals surface area contributed by atoms with Crippen LogP contribution in [0.2, 0.25) is 0 Å². The van der Waals surface area contributed by atoms with Crippen molar-refractivity contribution in [2.45, 2.75) is 12.8 Å². The summed E-state index contributed by atoms with van der Waals surface area (Å²) in [4.78, 5) is 19.5. The Bertz CT molecular complexity index is 1060. The lowest BCUT2D eigenvalue weighted by Gasteiger charge is -2.29. The van der Waals surface area contributed by atoms with Crippen LogP contribution in [0.4, 0.5) is 4.39 Å². The molecule has 0 N–H and O–H groups in total. The molecule has 0 unspecified atom stereocenters. The van der Waals surface area contributed by atoms with Crippen molar-refractivity contribution < 1.29 is 9.18 Å². The number of amides is 1. The van der Waals surface area contributed by atoms with Gasteiger partial charge < -0.3 is 4.90 Å². The minimum absolute atomic E-state index is 0.00718. The third-order valence-corrected chi connectivity index (χ3v) is 5.02. The highest BCUT2D eigenvalue weighted by atomic mass is 19.1. The second kappa shape index (κ2) is 6.80. The normalized spacial score (nSPS) is 15.1. The van der Waals surface area contributed by atoms with E-state index >= 15 is 0 Å². The molecular weight excluding hydrogens is 345 g/mol. The van der Waals surface area contributed by atoms with Gasteiger partial charge in [-0.2, -0.15) is 10.4 Å². The van der Waals surface area contributed by atoms with Crippen molar-refractivity contribution in [2.24, 2.45) is 13.0 Å². The van der Waals surface area contributed by atoms with Gasteiger partial charge in [0.25, 0.3) is 5.91 Å². The summed E-state index contributed by atoms with van der Waals surface area (Å²) < 4.78 is 15.3. The maximum Gasteiger partial charge on any atom is 0.254 e. The van der Waals surface area contributed by atoms with E-state index < -0.39 is 0 Å². The SMILES string of the molecule is Cn1ncc2c(C(=O)N3CCC(C#N)CC3)cc(-c3cccc(F)c3)nc21. The van der Waals surface area contributed by atoms with Crippen LogP contribution >= 0.6 is 0 Å². The van der Waals surface area contributed by atoms with Crippen LogP contribution in [-0.2, 0) is 7.05 Å². The fraction of sp³-hybridized carbons (Fsp3) is 0.300. The Morgan fingerprint density at radius 1 is 1.30 bits per heavy atom. The number of benzene rings is 1. The molecule has 136 valence electrons. The Labute approximate surface area is 155 Å². The summed E-state index contributed by atoms with van der Waals surface area (Å²) in [5.74, 6) is -0.456. The summed E-state index contributed by atoms with van der Waals surface area (Å²) in [6, 6.07) is 10.1. The van der Waals surface area contributed by atoms with Gasteiger partial charge in [0, 0.05) is 31.6 Å². The standard InChI is InChI=1S/C20H18FN5O/c1-25-19-17(12-23-25)16(20(27)26-7-5-13(11-22)6-8-26)10-18(24-19)14-3-2-4-15(21)9-14/h2-4,9-10,12-13H,5-8H2,1H3. The molecule has 1 fully saturated rings. The third kappa shape index (κ3) is 3.14. The molecule has 0 saturated carbocycles. The van der Waals surface area contributed by atoms with E-state index in [1.54, 1.807) is 41.0 Å². The summed E-state index contributed by atoms with van der Waals surface area (Å²) in [6.07, 6.45) is 2.99. The fourth-order valence-electron chi connectivity index (χ4n) is 3.47. The predicted octanol–water partition coefficient (Wildman–Crippen LogP) is 3.15. The van der Waals surface area contributed by atoms with Crippen LogP contribution in [-0.4, -0.2) is 38.7 Å². The topological polar surface area (TPSA) is 74.8 Å². The highest BCUT2D eigenvalue weighted by Crippen LogP contribution is 2.27. The second-order valence-corrected chi connectivity index (χ2v) is 6.77. The Balaban J connectivity index is 1.78. The van der Waals surface area contributed by atoms with Crippen molar-refractivity contribution in [1.29, 1.82) is 5.26 Å². The molecule has 0 aliphatic carbocycles. The van der Waals surface area contributed by atoms with Gasteiger partial charge in [-0.05, 0) is 31.0 Å². The van der Waals surface area contributed by atoms with E-state index in [0.29, 0.717) is 53.8 Å². The average Bonchev–Trinajstić information content (AvgIpc) is 3.08. The zero-order chi connectivity index (χ0) is 19.0. The number of likely N-dealkylation sites (tertiary alicyclic amines) is 1. The van der Waals surface area contributed by atoms with Crippen LogP contribution in [0.3, 0.4) is 0 Å². The molecule has 1 saturated heterocycles. The molecule has 1 aliphatic heterocycles. The number of nitriles is 1. The minimum Gasteiger partial charge on any atom is -0.339 e. The Morgan fingerprint density at radius 2 is 2.07 bits per heavy atom. The van der Waals surface area contributed by atoms with Gasteiger partial charge in [-0.1, -0.05) is 12.1 Å². The first-order valence-corrected chi connectivity index (χ1v) is 8.84. The van der Waals surface area contributed by atoms with Gasteiger partial charge in [-0.15, -0.1) is 0 Å². The van der Waals surface area contributed by atoms with Crippen molar-refractivity contribution in [1.82, 2.24) is 19.7 Å². The second-order valence-electron chi connectivity index (χ2n) is 6.77. The zero-order valence-electron chi connectivity index (χ0n) is 14.9. The summed E-state index contributed by atoms with van der Waals surface area (Å²) in [5, 5.41) is 14.0. The van der Waals surface area contributed by atoms with E-state index in [0.717, 1.165) is 0 Å². The number of rotatable bonds is 2. The van der Waals surface area contributed by atoms with Crippen molar-refractivity contribution in [3.8, 4) is 17.3 Å². The molecule has 0 bridgehead atoms. The largest absolute Gasteiger partial charge is 0.339 e. The molecule has 27 heavy (non-hydrogen) atoms. The Kier molecular flexibility index (Phi) is 4.32.